The van der Waals surface area contributed by atoms with Gasteiger partial charge in [0.1, 0.15) is 48.8 Å². The maximum atomic E-state index is 13.1. The zero-order valence-corrected chi connectivity index (χ0v) is 39.3. The Labute approximate surface area is 382 Å². The van der Waals surface area contributed by atoms with E-state index in [-0.39, 0.29) is 52.6 Å². The number of allylic oxidation sites excluding steroid dienone is 2. The maximum Gasteiger partial charge on any atom is 0.310 e. The highest BCUT2D eigenvalue weighted by Crippen LogP contribution is 2.76. The minimum atomic E-state index is -1.77. The number of rotatable bonds is 9. The third-order valence-electron chi connectivity index (χ3n) is 19.0. The fourth-order valence-corrected chi connectivity index (χ4v) is 14.8. The number of hydrogen-bond acceptors (Lipinski definition) is 16. The van der Waals surface area contributed by atoms with E-state index in [1.165, 1.54) is 12.5 Å². The Morgan fingerprint density at radius 1 is 0.723 bits per heavy atom. The molecule has 5 aliphatic carbocycles. The normalized spacial score (nSPS) is 53.0. The molecule has 3 heterocycles. The van der Waals surface area contributed by atoms with Crippen LogP contribution in [0.3, 0.4) is 0 Å². The van der Waals surface area contributed by atoms with Crippen LogP contribution in [0, 0.1) is 50.2 Å². The number of fused-ring (bicyclic) bond motifs is 7. The molecule has 8 rings (SSSR count). The van der Waals surface area contributed by atoms with E-state index in [9.17, 15) is 50.4 Å². The van der Waals surface area contributed by atoms with Gasteiger partial charge in [-0.05, 0) is 111 Å². The van der Waals surface area contributed by atoms with Crippen molar-refractivity contribution in [3.8, 4) is 0 Å². The van der Waals surface area contributed by atoms with E-state index in [1.807, 2.05) is 0 Å². The summed E-state index contributed by atoms with van der Waals surface area (Å²) in [5.41, 5.74) is -0.589. The second-order valence-corrected chi connectivity index (χ2v) is 23.0. The predicted molar refractivity (Wildman–Crippen MR) is 228 cm³/mol. The van der Waals surface area contributed by atoms with Gasteiger partial charge in [-0.3, -0.25) is 9.59 Å². The van der Waals surface area contributed by atoms with Crippen LogP contribution in [0.1, 0.15) is 120 Å². The van der Waals surface area contributed by atoms with Gasteiger partial charge in [0.05, 0.1) is 37.4 Å². The number of carbonyl (C=O) groups is 2. The van der Waals surface area contributed by atoms with Crippen molar-refractivity contribution in [2.24, 2.45) is 50.2 Å². The predicted octanol–water partition coefficient (Wildman–Crippen LogP) is 2.56. The lowest BCUT2D eigenvalue weighted by atomic mass is 9.33. The summed E-state index contributed by atoms with van der Waals surface area (Å²) in [5.74, 6) is -1.17. The molecule has 0 unspecified atom stereocenters. The highest BCUT2D eigenvalue weighted by atomic mass is 16.8. The van der Waals surface area contributed by atoms with E-state index in [0.717, 1.165) is 51.9 Å². The van der Waals surface area contributed by atoms with Crippen LogP contribution in [0.2, 0.25) is 0 Å². The fraction of sp³-hybridized carbons (Fsp3) is 0.917. The third-order valence-corrected chi connectivity index (χ3v) is 19.0. The van der Waals surface area contributed by atoms with E-state index in [0.29, 0.717) is 19.3 Å². The first-order valence-corrected chi connectivity index (χ1v) is 24.0. The van der Waals surface area contributed by atoms with E-state index >= 15 is 0 Å². The molecule has 8 aliphatic rings. The summed E-state index contributed by atoms with van der Waals surface area (Å²) in [7, 11) is 0. The van der Waals surface area contributed by atoms with Gasteiger partial charge in [-0.1, -0.05) is 53.2 Å². The zero-order valence-electron chi connectivity index (χ0n) is 39.3. The van der Waals surface area contributed by atoms with Gasteiger partial charge < -0.3 is 74.0 Å². The van der Waals surface area contributed by atoms with Crippen LogP contribution < -0.4 is 0 Å². The smallest absolute Gasteiger partial charge is 0.310 e. The van der Waals surface area contributed by atoms with Crippen LogP contribution in [0.5, 0.6) is 0 Å². The number of aliphatic hydroxyl groups excluding tert-OH is 7. The summed E-state index contributed by atoms with van der Waals surface area (Å²) in [6, 6.07) is 0. The van der Waals surface area contributed by atoms with Crippen LogP contribution in [-0.4, -0.2) is 159 Å². The highest BCUT2D eigenvalue weighted by molar-refractivity contribution is 5.76. The Kier molecular flexibility index (Phi) is 13.4. The molecule has 17 nitrogen and oxygen atoms in total. The average Bonchev–Trinajstić information content (AvgIpc) is 3.24. The summed E-state index contributed by atoms with van der Waals surface area (Å²) >= 11 is 0. The summed E-state index contributed by atoms with van der Waals surface area (Å²) in [6.07, 6.45) is -9.39. The molecule has 0 aromatic rings. The summed E-state index contributed by atoms with van der Waals surface area (Å²) in [6.45, 7) is 15.6. The van der Waals surface area contributed by atoms with Crippen molar-refractivity contribution in [2.75, 3.05) is 19.8 Å². The van der Waals surface area contributed by atoms with Gasteiger partial charge in [-0.2, -0.15) is 0 Å². The lowest BCUT2D eigenvalue weighted by Gasteiger charge is -2.71. The minimum absolute atomic E-state index is 0.00129. The molecule has 4 saturated carbocycles. The van der Waals surface area contributed by atoms with Crippen LogP contribution >= 0.6 is 0 Å². The molecule has 0 amide bonds. The molecule has 0 aromatic carbocycles. The number of ether oxygens (including phenoxy) is 7. The molecule has 17 heteroatoms. The van der Waals surface area contributed by atoms with Crippen molar-refractivity contribution in [2.45, 2.75) is 206 Å². The topological polar surface area (TPSA) is 261 Å². The Bertz CT molecular complexity index is 1810. The third kappa shape index (κ3) is 7.96. The Hall–Kier alpha value is -1.84. The average molecular weight is 925 g/mol. The molecule has 65 heavy (non-hydrogen) atoms. The quantitative estimate of drug-likeness (QED) is 0.0939. The van der Waals surface area contributed by atoms with Crippen LogP contribution in [0.15, 0.2) is 11.6 Å². The molecule has 0 aromatic heterocycles. The molecule has 8 N–H and O–H groups in total. The zero-order chi connectivity index (χ0) is 47.4. The number of carbonyl (C=O) groups excluding carboxylic acids is 1. The van der Waals surface area contributed by atoms with E-state index < -0.39 is 115 Å². The van der Waals surface area contributed by atoms with Gasteiger partial charge >= 0.3 is 11.9 Å². The van der Waals surface area contributed by atoms with Crippen molar-refractivity contribution >= 4 is 11.9 Å². The molecule has 7 fully saturated rings. The lowest BCUT2D eigenvalue weighted by Crippen LogP contribution is -2.67. The monoisotopic (exact) mass is 925 g/mol. The van der Waals surface area contributed by atoms with Crippen molar-refractivity contribution in [3.05, 3.63) is 11.6 Å². The Balaban J connectivity index is 1.01. The Morgan fingerprint density at radius 3 is 1.97 bits per heavy atom. The molecular weight excluding hydrogens is 849 g/mol. The van der Waals surface area contributed by atoms with Crippen molar-refractivity contribution in [3.63, 3.8) is 0 Å². The molecule has 0 radical (unpaired) electrons. The molecule has 3 aliphatic heterocycles. The number of aliphatic hydroxyl groups is 7. The number of carboxylic acid groups (broad SMARTS) is 1. The first-order valence-electron chi connectivity index (χ1n) is 24.0. The molecule has 0 spiro atoms. The van der Waals surface area contributed by atoms with Crippen molar-refractivity contribution in [1.29, 1.82) is 0 Å². The molecule has 3 saturated heterocycles. The van der Waals surface area contributed by atoms with Gasteiger partial charge in [0.15, 0.2) is 25.0 Å². The van der Waals surface area contributed by atoms with Gasteiger partial charge in [-0.15, -0.1) is 0 Å². The first kappa shape index (κ1) is 49.6. The summed E-state index contributed by atoms with van der Waals surface area (Å²) in [5, 5.41) is 88.1. The second-order valence-electron chi connectivity index (χ2n) is 23.0. The molecule has 370 valence electrons. The largest absolute Gasteiger partial charge is 0.481 e. The van der Waals surface area contributed by atoms with E-state index in [1.54, 1.807) is 0 Å². The highest BCUT2D eigenvalue weighted by Gasteiger charge is 2.70. The number of hydrogen-bond donors (Lipinski definition) is 8. The van der Waals surface area contributed by atoms with Crippen LogP contribution in [-0.2, 0) is 42.7 Å². The van der Waals surface area contributed by atoms with E-state index in [4.69, 9.17) is 33.2 Å². The number of esters is 1. The van der Waals surface area contributed by atoms with E-state index in [2.05, 4.69) is 47.6 Å². The second kappa shape index (κ2) is 17.5. The SMILES string of the molecule is CC(=O)O[C@H]1[C@H](O[C@@H]2[C@@H](O)[C@H](C)O[C@@H](O[C@H]3[C@H](O[C@H]4CC[C@@]5(C)[C@@H](CC[C@]6(C)[C@@H]5CC=C5[C@@H]7CC(C)(C)CC[C@]7(C(=O)O)CC[C@]56C)[C@]4(C)CO)OC[C@H](O)[C@@H]3O)[C@@H]2O)OC[C@@H](O)[C@@H]1O. The van der Waals surface area contributed by atoms with Crippen molar-refractivity contribution in [1.82, 2.24) is 0 Å². The fourth-order valence-electron chi connectivity index (χ4n) is 14.8. The lowest BCUT2D eigenvalue weighted by molar-refractivity contribution is -0.379. The van der Waals surface area contributed by atoms with Crippen LogP contribution in [0.4, 0.5) is 0 Å². The van der Waals surface area contributed by atoms with Crippen molar-refractivity contribution < 1.29 is 83.6 Å². The molecular formula is C48H76O17. The number of aliphatic carboxylic acids is 1. The molecule has 0 bridgehead atoms. The summed E-state index contributed by atoms with van der Waals surface area (Å²) < 4.78 is 41.7. The Morgan fingerprint density at radius 2 is 1.34 bits per heavy atom. The maximum absolute atomic E-state index is 13.1. The van der Waals surface area contributed by atoms with Gasteiger partial charge in [0, 0.05) is 12.3 Å². The van der Waals surface area contributed by atoms with Crippen LogP contribution in [0.25, 0.3) is 0 Å². The summed E-state index contributed by atoms with van der Waals surface area (Å²) in [4.78, 5) is 25.0. The van der Waals surface area contributed by atoms with Gasteiger partial charge in [0.2, 0.25) is 0 Å². The molecule has 22 atom stereocenters. The van der Waals surface area contributed by atoms with Gasteiger partial charge in [0.25, 0.3) is 0 Å². The minimum Gasteiger partial charge on any atom is -0.481 e. The number of carboxylic acids is 1. The van der Waals surface area contributed by atoms with Gasteiger partial charge in [-0.25, -0.2) is 0 Å². The standard InChI is InChI=1S/C48H76O17/c1-23-32(53)36(64-41-37(62-24(2)50)33(54)27(51)21-60-41)35(56)39(61-23)65-38-34(55)28(52)20-59-40(38)63-31-12-13-44(5)29(45(31,6)22-49)11-14-47(8)30(44)10-9-25-26-19-43(3,4)15-17-48(26,42(57)58)18-16-46(25,47)7/h9,23,26-41,49,51-56H,10-22H2,1-8H3,(H,57,58)/t23-,26-,27+,28-,29+,30+,31-,32-,33-,34-,35+,36+,37+,38+,39-,40-,41-,44-,45-,46+,47+,48-/m0/s1. The first-order chi connectivity index (χ1) is 30.4.